The van der Waals surface area contributed by atoms with Crippen molar-refractivity contribution in [2.24, 2.45) is 5.84 Å². The van der Waals surface area contributed by atoms with Crippen molar-refractivity contribution >= 4 is 27.6 Å². The molecule has 2 rings (SSSR count). The number of aromatic nitrogens is 2. The summed E-state index contributed by atoms with van der Waals surface area (Å²) in [5.74, 6) is 6.78. The van der Waals surface area contributed by atoms with Gasteiger partial charge in [-0.25, -0.2) is 15.8 Å². The van der Waals surface area contributed by atoms with Crippen LogP contribution in [0.2, 0.25) is 0 Å². The molecule has 1 aromatic heterocycles. The van der Waals surface area contributed by atoms with Crippen LogP contribution in [0.4, 0.5) is 11.6 Å². The lowest BCUT2D eigenvalue weighted by molar-refractivity contribution is 1.05. The lowest BCUT2D eigenvalue weighted by Crippen LogP contribution is -2.12. The van der Waals surface area contributed by atoms with Crippen molar-refractivity contribution in [3.8, 4) is 0 Å². The van der Waals surface area contributed by atoms with Crippen LogP contribution in [0.15, 0.2) is 35.1 Å². The van der Waals surface area contributed by atoms with E-state index in [1.54, 1.807) is 0 Å². The third kappa shape index (κ3) is 2.96. The van der Waals surface area contributed by atoms with Crippen molar-refractivity contribution in [3.63, 3.8) is 0 Å². The van der Waals surface area contributed by atoms with Crippen LogP contribution in [0.3, 0.4) is 0 Å². The monoisotopic (exact) mass is 307 g/mol. The molecule has 0 saturated carbocycles. The minimum Gasteiger partial charge on any atom is -0.366 e. The summed E-state index contributed by atoms with van der Waals surface area (Å²) in [6.07, 6.45) is 1.48. The number of rotatable bonds is 4. The average Bonchev–Trinajstić information content (AvgIpc) is 2.39. The summed E-state index contributed by atoms with van der Waals surface area (Å²) < 4.78 is 1.07. The first-order valence-corrected chi connectivity index (χ1v) is 6.26. The normalized spacial score (nSPS) is 10.2. The number of nitrogens with two attached hydrogens (primary N) is 1. The molecule has 2 aromatic rings. The molecule has 18 heavy (non-hydrogen) atoms. The van der Waals surface area contributed by atoms with Crippen LogP contribution in [0.5, 0.6) is 0 Å². The molecule has 0 saturated heterocycles. The van der Waals surface area contributed by atoms with Crippen LogP contribution in [-0.2, 0) is 6.54 Å². The summed E-state index contributed by atoms with van der Waals surface area (Å²) in [5.41, 5.74) is 4.62. The molecule has 0 unspecified atom stereocenters. The van der Waals surface area contributed by atoms with E-state index in [0.717, 1.165) is 15.9 Å². The molecule has 0 amide bonds. The van der Waals surface area contributed by atoms with Crippen molar-refractivity contribution < 1.29 is 0 Å². The smallest absolute Gasteiger partial charge is 0.148 e. The summed E-state index contributed by atoms with van der Waals surface area (Å²) >= 11 is 3.41. The summed E-state index contributed by atoms with van der Waals surface area (Å²) in [4.78, 5) is 8.22. The van der Waals surface area contributed by atoms with Gasteiger partial charge in [-0.1, -0.05) is 28.1 Å². The minimum absolute atomic E-state index is 0.628. The number of nitrogens with one attached hydrogen (secondary N) is 2. The van der Waals surface area contributed by atoms with Crippen LogP contribution >= 0.6 is 15.9 Å². The van der Waals surface area contributed by atoms with E-state index in [-0.39, 0.29) is 0 Å². The van der Waals surface area contributed by atoms with Gasteiger partial charge in [0.15, 0.2) is 0 Å². The highest BCUT2D eigenvalue weighted by Gasteiger charge is 2.05. The fraction of sp³-hybridized carbons (Fsp3) is 0.167. The predicted octanol–water partition coefficient (Wildman–Crippen LogP) is 2.45. The van der Waals surface area contributed by atoms with E-state index in [2.05, 4.69) is 48.8 Å². The largest absolute Gasteiger partial charge is 0.366 e. The van der Waals surface area contributed by atoms with Crippen LogP contribution in [-0.4, -0.2) is 9.97 Å². The standard InChI is InChI=1S/C12H14BrN5/c1-8-11(16-7-17-12(8)18-14)15-6-9-2-4-10(13)5-3-9/h2-5,7H,6,14H2,1H3,(H2,15,16,17,18). The molecular formula is C12H14BrN5. The molecule has 0 spiro atoms. The van der Waals surface area contributed by atoms with Gasteiger partial charge in [-0.3, -0.25) is 0 Å². The van der Waals surface area contributed by atoms with E-state index >= 15 is 0 Å². The lowest BCUT2D eigenvalue weighted by atomic mass is 10.2. The second kappa shape index (κ2) is 5.79. The lowest BCUT2D eigenvalue weighted by Gasteiger charge is -2.10. The van der Waals surface area contributed by atoms with Gasteiger partial charge in [-0.05, 0) is 24.6 Å². The van der Waals surface area contributed by atoms with Crippen molar-refractivity contribution in [1.29, 1.82) is 0 Å². The fourth-order valence-electron chi connectivity index (χ4n) is 1.56. The first kappa shape index (κ1) is 12.8. The number of halogens is 1. The van der Waals surface area contributed by atoms with E-state index in [0.29, 0.717) is 12.4 Å². The van der Waals surface area contributed by atoms with Gasteiger partial charge in [0.2, 0.25) is 0 Å². The molecule has 0 fully saturated rings. The number of anilines is 2. The second-order valence-corrected chi connectivity index (χ2v) is 4.74. The molecule has 6 heteroatoms. The molecule has 0 aliphatic carbocycles. The summed E-state index contributed by atoms with van der Waals surface area (Å²) in [6.45, 7) is 2.62. The van der Waals surface area contributed by atoms with Gasteiger partial charge in [0, 0.05) is 16.6 Å². The van der Waals surface area contributed by atoms with Crippen molar-refractivity contribution in [2.75, 3.05) is 10.7 Å². The molecule has 1 aromatic carbocycles. The molecule has 4 N–H and O–H groups in total. The van der Waals surface area contributed by atoms with E-state index in [1.165, 1.54) is 11.9 Å². The van der Waals surface area contributed by atoms with Gasteiger partial charge in [0.25, 0.3) is 0 Å². The molecule has 0 aliphatic heterocycles. The maximum absolute atomic E-state index is 5.37. The van der Waals surface area contributed by atoms with Crippen molar-refractivity contribution in [1.82, 2.24) is 9.97 Å². The number of nitrogen functional groups attached to an aromatic ring is 1. The quantitative estimate of drug-likeness (QED) is 0.597. The maximum Gasteiger partial charge on any atom is 0.148 e. The van der Waals surface area contributed by atoms with Crippen molar-refractivity contribution in [3.05, 3.63) is 46.2 Å². The van der Waals surface area contributed by atoms with Gasteiger partial charge < -0.3 is 10.7 Å². The number of benzene rings is 1. The van der Waals surface area contributed by atoms with Crippen molar-refractivity contribution in [2.45, 2.75) is 13.5 Å². The zero-order valence-corrected chi connectivity index (χ0v) is 11.5. The number of hydrogen-bond donors (Lipinski definition) is 3. The zero-order chi connectivity index (χ0) is 13.0. The number of hydrazine groups is 1. The Labute approximate surface area is 114 Å². The first-order chi connectivity index (χ1) is 8.70. The van der Waals surface area contributed by atoms with Gasteiger partial charge in [-0.15, -0.1) is 0 Å². The fourth-order valence-corrected chi connectivity index (χ4v) is 1.83. The third-order valence-electron chi connectivity index (χ3n) is 2.59. The van der Waals surface area contributed by atoms with E-state index in [1.807, 2.05) is 19.1 Å². The van der Waals surface area contributed by atoms with E-state index < -0.39 is 0 Å². The summed E-state index contributed by atoms with van der Waals surface area (Å²) in [5, 5.41) is 3.26. The molecule has 1 heterocycles. The SMILES string of the molecule is Cc1c(NN)ncnc1NCc1ccc(Br)cc1. The molecule has 0 radical (unpaired) electrons. The molecule has 0 aliphatic rings. The average molecular weight is 308 g/mol. The van der Waals surface area contributed by atoms with E-state index in [4.69, 9.17) is 5.84 Å². The van der Waals surface area contributed by atoms with Crippen LogP contribution in [0.1, 0.15) is 11.1 Å². The number of hydrogen-bond acceptors (Lipinski definition) is 5. The van der Waals surface area contributed by atoms with Crippen LogP contribution in [0, 0.1) is 6.92 Å². The minimum atomic E-state index is 0.628. The molecule has 0 atom stereocenters. The van der Waals surface area contributed by atoms with E-state index in [9.17, 15) is 0 Å². The molecule has 5 nitrogen and oxygen atoms in total. The Morgan fingerprint density at radius 3 is 2.50 bits per heavy atom. The topological polar surface area (TPSA) is 75.9 Å². The zero-order valence-electron chi connectivity index (χ0n) is 9.94. The Morgan fingerprint density at radius 1 is 1.17 bits per heavy atom. The third-order valence-corrected chi connectivity index (χ3v) is 3.12. The van der Waals surface area contributed by atoms with Crippen LogP contribution in [0.25, 0.3) is 0 Å². The predicted molar refractivity (Wildman–Crippen MR) is 76.0 cm³/mol. The molecular weight excluding hydrogens is 294 g/mol. The highest BCUT2D eigenvalue weighted by atomic mass is 79.9. The second-order valence-electron chi connectivity index (χ2n) is 3.82. The summed E-state index contributed by atoms with van der Waals surface area (Å²) in [6, 6.07) is 8.12. The molecule has 94 valence electrons. The highest BCUT2D eigenvalue weighted by Crippen LogP contribution is 2.18. The van der Waals surface area contributed by atoms with Gasteiger partial charge in [-0.2, -0.15) is 0 Å². The first-order valence-electron chi connectivity index (χ1n) is 5.47. The number of nitrogens with zero attached hydrogens (tertiary/aromatic N) is 2. The molecule has 0 bridgehead atoms. The Morgan fingerprint density at radius 2 is 1.83 bits per heavy atom. The van der Waals surface area contributed by atoms with Gasteiger partial charge in [0.05, 0.1) is 0 Å². The van der Waals surface area contributed by atoms with Gasteiger partial charge >= 0.3 is 0 Å². The Hall–Kier alpha value is -1.66. The Balaban J connectivity index is 2.08. The highest BCUT2D eigenvalue weighted by molar-refractivity contribution is 9.10. The summed E-state index contributed by atoms with van der Waals surface area (Å²) in [7, 11) is 0. The maximum atomic E-state index is 5.37. The van der Waals surface area contributed by atoms with Gasteiger partial charge in [0.1, 0.15) is 18.0 Å². The van der Waals surface area contributed by atoms with Crippen LogP contribution < -0.4 is 16.6 Å². The Kier molecular flexibility index (Phi) is 4.11. The Bertz CT molecular complexity index is 526.